The number of hydrogen-bond acceptors (Lipinski definition) is 5. The normalized spacial score (nSPS) is 11.3. The maximum atomic E-state index is 10.6. The lowest BCUT2D eigenvalue weighted by Crippen LogP contribution is -2.29. The SMILES string of the molecule is CCN(CC(=O)O)Cc1noc(C(C)C)n1. The summed E-state index contributed by atoms with van der Waals surface area (Å²) in [5.74, 6) is 0.457. The van der Waals surface area contributed by atoms with Gasteiger partial charge in [-0.25, -0.2) is 0 Å². The molecule has 1 aromatic rings. The van der Waals surface area contributed by atoms with Gasteiger partial charge in [0.1, 0.15) is 0 Å². The molecule has 0 aromatic carbocycles. The Labute approximate surface area is 94.3 Å². The first-order valence-corrected chi connectivity index (χ1v) is 5.29. The molecule has 0 bridgehead atoms. The fraction of sp³-hybridized carbons (Fsp3) is 0.700. The molecule has 0 fully saturated rings. The van der Waals surface area contributed by atoms with E-state index in [0.29, 0.717) is 24.8 Å². The van der Waals surface area contributed by atoms with Gasteiger partial charge in [-0.2, -0.15) is 4.98 Å². The van der Waals surface area contributed by atoms with Crippen molar-refractivity contribution >= 4 is 5.97 Å². The lowest BCUT2D eigenvalue weighted by Gasteiger charge is -2.14. The lowest BCUT2D eigenvalue weighted by molar-refractivity contribution is -0.138. The van der Waals surface area contributed by atoms with Gasteiger partial charge in [-0.3, -0.25) is 9.69 Å². The summed E-state index contributed by atoms with van der Waals surface area (Å²) >= 11 is 0. The molecular formula is C10H17N3O3. The largest absolute Gasteiger partial charge is 0.480 e. The van der Waals surface area contributed by atoms with Crippen molar-refractivity contribution in [3.8, 4) is 0 Å². The number of carboxylic acids is 1. The van der Waals surface area contributed by atoms with Crippen molar-refractivity contribution in [3.63, 3.8) is 0 Å². The van der Waals surface area contributed by atoms with Crippen LogP contribution in [0.3, 0.4) is 0 Å². The first-order chi connectivity index (χ1) is 7.52. The highest BCUT2D eigenvalue weighted by atomic mass is 16.5. The molecule has 0 aliphatic carbocycles. The maximum Gasteiger partial charge on any atom is 0.317 e. The molecule has 0 amide bonds. The number of aliphatic carboxylic acids is 1. The zero-order chi connectivity index (χ0) is 12.1. The van der Waals surface area contributed by atoms with Crippen LogP contribution in [0.25, 0.3) is 0 Å². The molecule has 0 aliphatic rings. The standard InChI is InChI=1S/C10H17N3O3/c1-4-13(6-9(14)15)5-8-11-10(7(2)3)16-12-8/h7H,4-6H2,1-3H3,(H,14,15). The number of rotatable bonds is 6. The lowest BCUT2D eigenvalue weighted by atomic mass is 10.2. The van der Waals surface area contributed by atoms with Crippen molar-refractivity contribution in [2.24, 2.45) is 0 Å². The van der Waals surface area contributed by atoms with Crippen molar-refractivity contribution in [1.29, 1.82) is 0 Å². The average molecular weight is 227 g/mol. The highest BCUT2D eigenvalue weighted by Gasteiger charge is 2.14. The van der Waals surface area contributed by atoms with E-state index in [4.69, 9.17) is 9.63 Å². The van der Waals surface area contributed by atoms with Crippen molar-refractivity contribution in [2.45, 2.75) is 33.2 Å². The first-order valence-electron chi connectivity index (χ1n) is 5.29. The van der Waals surface area contributed by atoms with E-state index in [-0.39, 0.29) is 12.5 Å². The minimum absolute atomic E-state index is 0.0119. The molecule has 1 aromatic heterocycles. The number of carbonyl (C=O) groups is 1. The van der Waals surface area contributed by atoms with Crippen LogP contribution in [0.1, 0.15) is 38.4 Å². The van der Waals surface area contributed by atoms with E-state index in [0.717, 1.165) is 0 Å². The van der Waals surface area contributed by atoms with Crippen LogP contribution in [0.4, 0.5) is 0 Å². The van der Waals surface area contributed by atoms with E-state index in [1.165, 1.54) is 0 Å². The molecule has 0 saturated carbocycles. The van der Waals surface area contributed by atoms with Gasteiger partial charge in [-0.05, 0) is 6.54 Å². The Hall–Kier alpha value is -1.43. The van der Waals surface area contributed by atoms with Crippen LogP contribution in [0.15, 0.2) is 4.52 Å². The van der Waals surface area contributed by atoms with Gasteiger partial charge < -0.3 is 9.63 Å². The Bertz CT molecular complexity index is 349. The molecule has 6 heteroatoms. The van der Waals surface area contributed by atoms with Gasteiger partial charge in [0.25, 0.3) is 0 Å². The van der Waals surface area contributed by atoms with Gasteiger partial charge in [-0.15, -0.1) is 0 Å². The fourth-order valence-electron chi connectivity index (χ4n) is 1.24. The van der Waals surface area contributed by atoms with Crippen molar-refractivity contribution in [2.75, 3.05) is 13.1 Å². The Balaban J connectivity index is 2.59. The monoisotopic (exact) mass is 227 g/mol. The zero-order valence-electron chi connectivity index (χ0n) is 9.80. The van der Waals surface area contributed by atoms with Gasteiger partial charge in [0.2, 0.25) is 5.89 Å². The van der Waals surface area contributed by atoms with Crippen LogP contribution in [-0.4, -0.2) is 39.2 Å². The van der Waals surface area contributed by atoms with E-state index in [1.807, 2.05) is 20.8 Å². The van der Waals surface area contributed by atoms with E-state index in [2.05, 4.69) is 10.1 Å². The summed E-state index contributed by atoms with van der Waals surface area (Å²) in [6, 6.07) is 0. The minimum atomic E-state index is -0.852. The Morgan fingerprint density at radius 3 is 2.69 bits per heavy atom. The topological polar surface area (TPSA) is 79.5 Å². The summed E-state index contributed by atoms with van der Waals surface area (Å²) in [5, 5.41) is 12.5. The average Bonchev–Trinajstić information content (AvgIpc) is 2.64. The predicted molar refractivity (Wildman–Crippen MR) is 57.0 cm³/mol. The molecular weight excluding hydrogens is 210 g/mol. The van der Waals surface area contributed by atoms with Gasteiger partial charge >= 0.3 is 5.97 Å². The van der Waals surface area contributed by atoms with Crippen LogP contribution in [0.5, 0.6) is 0 Å². The molecule has 1 rings (SSSR count). The van der Waals surface area contributed by atoms with Gasteiger partial charge in [0.15, 0.2) is 5.82 Å². The number of nitrogens with zero attached hydrogens (tertiary/aromatic N) is 3. The smallest absolute Gasteiger partial charge is 0.317 e. The molecule has 0 atom stereocenters. The molecule has 1 heterocycles. The first kappa shape index (κ1) is 12.6. The van der Waals surface area contributed by atoms with Crippen molar-refractivity contribution < 1.29 is 14.4 Å². The second kappa shape index (κ2) is 5.60. The van der Waals surface area contributed by atoms with Crippen LogP contribution >= 0.6 is 0 Å². The zero-order valence-corrected chi connectivity index (χ0v) is 9.80. The second-order valence-electron chi connectivity index (χ2n) is 3.90. The van der Waals surface area contributed by atoms with Crippen molar-refractivity contribution in [1.82, 2.24) is 15.0 Å². The molecule has 0 aliphatic heterocycles. The molecule has 0 radical (unpaired) electrons. The predicted octanol–water partition coefficient (Wildman–Crippen LogP) is 1.10. The van der Waals surface area contributed by atoms with Crippen LogP contribution in [0.2, 0.25) is 0 Å². The molecule has 1 N–H and O–H groups in total. The summed E-state index contributed by atoms with van der Waals surface area (Å²) in [6.45, 7) is 6.85. The molecule has 90 valence electrons. The molecule has 16 heavy (non-hydrogen) atoms. The highest BCUT2D eigenvalue weighted by Crippen LogP contribution is 2.11. The third kappa shape index (κ3) is 3.62. The number of aromatic nitrogens is 2. The van der Waals surface area contributed by atoms with E-state index >= 15 is 0 Å². The number of hydrogen-bond donors (Lipinski definition) is 1. The molecule has 0 saturated heterocycles. The maximum absolute atomic E-state index is 10.6. The third-order valence-electron chi connectivity index (χ3n) is 2.15. The van der Waals surface area contributed by atoms with Crippen LogP contribution in [-0.2, 0) is 11.3 Å². The molecule has 0 spiro atoms. The van der Waals surface area contributed by atoms with Gasteiger partial charge in [0.05, 0.1) is 13.1 Å². The minimum Gasteiger partial charge on any atom is -0.480 e. The van der Waals surface area contributed by atoms with E-state index in [9.17, 15) is 4.79 Å². The van der Waals surface area contributed by atoms with Crippen LogP contribution in [0, 0.1) is 0 Å². The Kier molecular flexibility index (Phi) is 4.42. The number of likely N-dealkylation sites (N-methyl/N-ethyl adjacent to an activating group) is 1. The van der Waals surface area contributed by atoms with Gasteiger partial charge in [0, 0.05) is 5.92 Å². The molecule has 0 unspecified atom stereocenters. The van der Waals surface area contributed by atoms with Crippen LogP contribution < -0.4 is 0 Å². The summed E-state index contributed by atoms with van der Waals surface area (Å²) in [6.07, 6.45) is 0. The summed E-state index contributed by atoms with van der Waals surface area (Å²) in [7, 11) is 0. The highest BCUT2D eigenvalue weighted by molar-refractivity contribution is 5.69. The van der Waals surface area contributed by atoms with E-state index < -0.39 is 5.97 Å². The molecule has 6 nitrogen and oxygen atoms in total. The second-order valence-corrected chi connectivity index (χ2v) is 3.90. The number of carboxylic acid groups (broad SMARTS) is 1. The van der Waals surface area contributed by atoms with E-state index in [1.54, 1.807) is 4.90 Å². The van der Waals surface area contributed by atoms with Gasteiger partial charge in [-0.1, -0.05) is 25.9 Å². The summed E-state index contributed by atoms with van der Waals surface area (Å²) in [4.78, 5) is 16.5. The Morgan fingerprint density at radius 2 is 2.25 bits per heavy atom. The summed E-state index contributed by atoms with van der Waals surface area (Å²) < 4.78 is 5.04. The fourth-order valence-corrected chi connectivity index (χ4v) is 1.24. The Morgan fingerprint density at radius 1 is 1.56 bits per heavy atom. The summed E-state index contributed by atoms with van der Waals surface area (Å²) in [5.41, 5.74) is 0. The van der Waals surface area contributed by atoms with Crippen molar-refractivity contribution in [3.05, 3.63) is 11.7 Å². The third-order valence-corrected chi connectivity index (χ3v) is 2.15. The quantitative estimate of drug-likeness (QED) is 0.783.